The zero-order valence-corrected chi connectivity index (χ0v) is 15.0. The summed E-state index contributed by atoms with van der Waals surface area (Å²) in [5.41, 5.74) is 0.998. The molecule has 2 unspecified atom stereocenters. The Balaban J connectivity index is 1.91. The predicted octanol–water partition coefficient (Wildman–Crippen LogP) is 2.84. The van der Waals surface area contributed by atoms with Gasteiger partial charge < -0.3 is 10.2 Å². The zero-order valence-electron chi connectivity index (χ0n) is 15.0. The van der Waals surface area contributed by atoms with Gasteiger partial charge in [0.1, 0.15) is 11.7 Å². The van der Waals surface area contributed by atoms with Crippen molar-refractivity contribution in [3.05, 3.63) is 47.0 Å². The van der Waals surface area contributed by atoms with Gasteiger partial charge in [-0.3, -0.25) is 9.59 Å². The number of halogens is 3. The predicted molar refractivity (Wildman–Crippen MR) is 91.9 cm³/mol. The van der Waals surface area contributed by atoms with Crippen LogP contribution in [0.5, 0.6) is 0 Å². The lowest BCUT2D eigenvalue weighted by Crippen LogP contribution is -2.33. The van der Waals surface area contributed by atoms with Crippen molar-refractivity contribution in [3.63, 3.8) is 0 Å². The fraction of sp³-hybridized carbons (Fsp3) is 0.389. The minimum absolute atomic E-state index is 0.179. The number of carbonyl (C=O) groups is 2. The molecule has 2 heterocycles. The third-order valence-corrected chi connectivity index (χ3v) is 4.83. The van der Waals surface area contributed by atoms with Crippen molar-refractivity contribution in [3.8, 4) is 0 Å². The summed E-state index contributed by atoms with van der Waals surface area (Å²) in [6.45, 7) is 0.363. The number of rotatable bonds is 4. The Bertz CT molecular complexity index is 897. The maximum Gasteiger partial charge on any atom is 0.333 e. The molecule has 2 aromatic rings. The van der Waals surface area contributed by atoms with Crippen LogP contribution in [0.1, 0.15) is 29.4 Å². The number of anilines is 1. The molecule has 2 atom stereocenters. The Labute approximate surface area is 154 Å². The Morgan fingerprint density at radius 3 is 2.67 bits per heavy atom. The molecule has 1 fully saturated rings. The van der Waals surface area contributed by atoms with Crippen LogP contribution in [0.15, 0.2) is 24.3 Å². The molecule has 1 N–H and O–H groups in total. The molecule has 0 saturated carbocycles. The van der Waals surface area contributed by atoms with Gasteiger partial charge in [0.05, 0.1) is 5.69 Å². The molecule has 0 aliphatic carbocycles. The number of nitrogens with one attached hydrogen (secondary N) is 1. The average Bonchev–Trinajstić information content (AvgIpc) is 3.12. The van der Waals surface area contributed by atoms with E-state index in [0.29, 0.717) is 4.68 Å². The summed E-state index contributed by atoms with van der Waals surface area (Å²) in [6, 6.07) is 5.70. The van der Waals surface area contributed by atoms with Gasteiger partial charge in [0, 0.05) is 36.5 Å². The van der Waals surface area contributed by atoms with Crippen molar-refractivity contribution in [1.82, 2.24) is 14.7 Å². The molecule has 1 aromatic heterocycles. The molecule has 1 aliphatic heterocycles. The number of benzene rings is 1. The number of nitrogens with zero attached hydrogens (tertiary/aromatic N) is 3. The normalized spacial score (nSPS) is 19.8. The first-order valence-corrected chi connectivity index (χ1v) is 8.36. The fourth-order valence-electron chi connectivity index (χ4n) is 3.30. The fourth-order valence-corrected chi connectivity index (χ4v) is 3.30. The highest BCUT2D eigenvalue weighted by Gasteiger charge is 2.45. The van der Waals surface area contributed by atoms with E-state index in [4.69, 9.17) is 0 Å². The van der Waals surface area contributed by atoms with Gasteiger partial charge in [-0.05, 0) is 32.0 Å². The van der Waals surface area contributed by atoms with Crippen LogP contribution in [0.25, 0.3) is 0 Å². The molecule has 1 aliphatic rings. The van der Waals surface area contributed by atoms with E-state index < -0.39 is 36.0 Å². The number of alkyl halides is 2. The lowest BCUT2D eigenvalue weighted by atomic mass is 9.91. The molecule has 0 radical (unpaired) electrons. The minimum Gasteiger partial charge on any atom is -0.344 e. The van der Waals surface area contributed by atoms with E-state index in [1.165, 1.54) is 50.1 Å². The third kappa shape index (κ3) is 3.41. The van der Waals surface area contributed by atoms with Crippen molar-refractivity contribution in [2.45, 2.75) is 26.3 Å². The number of likely N-dealkylation sites (N-methyl/N-ethyl adjacent to an activating group) is 1. The van der Waals surface area contributed by atoms with Gasteiger partial charge >= 0.3 is 6.55 Å². The van der Waals surface area contributed by atoms with Crippen LogP contribution in [-0.2, 0) is 9.59 Å². The van der Waals surface area contributed by atoms with E-state index in [-0.39, 0.29) is 29.2 Å². The van der Waals surface area contributed by atoms with Crippen LogP contribution in [-0.4, -0.2) is 40.1 Å². The van der Waals surface area contributed by atoms with E-state index in [0.717, 1.165) is 0 Å². The summed E-state index contributed by atoms with van der Waals surface area (Å²) in [7, 11) is 1.53. The quantitative estimate of drug-likeness (QED) is 0.830. The van der Waals surface area contributed by atoms with E-state index in [2.05, 4.69) is 10.4 Å². The number of aromatic nitrogens is 2. The second-order valence-electron chi connectivity index (χ2n) is 6.64. The maximum atomic E-state index is 13.7. The number of aryl methyl sites for hydroxylation is 1. The maximum absolute atomic E-state index is 13.7. The van der Waals surface area contributed by atoms with Crippen molar-refractivity contribution < 1.29 is 22.8 Å². The smallest absolute Gasteiger partial charge is 0.333 e. The molecular formula is C18H19F3N4O2. The summed E-state index contributed by atoms with van der Waals surface area (Å²) in [4.78, 5) is 26.7. The SMILES string of the molecule is Cc1c(F)cccc1NC(=O)C1C(=O)N(C)CC1c1cc(C)n(C(F)F)n1. The first-order valence-electron chi connectivity index (χ1n) is 8.36. The molecule has 1 saturated heterocycles. The van der Waals surface area contributed by atoms with Gasteiger partial charge in [0.2, 0.25) is 11.8 Å². The zero-order chi connectivity index (χ0) is 19.9. The number of hydrogen-bond donors (Lipinski definition) is 1. The molecule has 144 valence electrons. The Morgan fingerprint density at radius 2 is 2.04 bits per heavy atom. The van der Waals surface area contributed by atoms with Crippen molar-refractivity contribution in [1.29, 1.82) is 0 Å². The van der Waals surface area contributed by atoms with Gasteiger partial charge in [-0.1, -0.05) is 6.07 Å². The van der Waals surface area contributed by atoms with E-state index in [1.54, 1.807) is 0 Å². The number of likely N-dealkylation sites (tertiary alicyclic amines) is 1. The highest BCUT2D eigenvalue weighted by atomic mass is 19.3. The first kappa shape index (κ1) is 18.9. The molecular weight excluding hydrogens is 361 g/mol. The van der Waals surface area contributed by atoms with Gasteiger partial charge in [0.15, 0.2) is 0 Å². The Morgan fingerprint density at radius 1 is 1.33 bits per heavy atom. The Kier molecular flexibility index (Phi) is 4.95. The van der Waals surface area contributed by atoms with Gasteiger partial charge in [0.25, 0.3) is 0 Å². The van der Waals surface area contributed by atoms with Crippen LogP contribution < -0.4 is 5.32 Å². The minimum atomic E-state index is -2.81. The molecule has 27 heavy (non-hydrogen) atoms. The van der Waals surface area contributed by atoms with Crippen LogP contribution in [0.2, 0.25) is 0 Å². The van der Waals surface area contributed by atoms with Crippen LogP contribution in [0.4, 0.5) is 18.9 Å². The van der Waals surface area contributed by atoms with Crippen LogP contribution >= 0.6 is 0 Å². The summed E-state index contributed by atoms with van der Waals surface area (Å²) < 4.78 is 40.3. The van der Waals surface area contributed by atoms with E-state index in [1.807, 2.05) is 0 Å². The molecule has 9 heteroatoms. The Hall–Kier alpha value is -2.84. The van der Waals surface area contributed by atoms with Gasteiger partial charge in [-0.25, -0.2) is 9.07 Å². The van der Waals surface area contributed by atoms with Gasteiger partial charge in [-0.15, -0.1) is 0 Å². The summed E-state index contributed by atoms with van der Waals surface area (Å²) in [5.74, 6) is -3.33. The van der Waals surface area contributed by atoms with Crippen LogP contribution in [0, 0.1) is 25.6 Å². The number of amides is 2. The standard InChI is InChI=1S/C18H19F3N4O2/c1-9-7-14(23-25(9)18(20)21)11-8-24(3)17(27)15(11)16(26)22-13-6-4-5-12(19)10(13)2/h4-7,11,15,18H,8H2,1-3H3,(H,22,26). The number of carbonyl (C=O) groups excluding carboxylic acids is 2. The second kappa shape index (κ2) is 7.05. The summed E-state index contributed by atoms with van der Waals surface area (Å²) in [5, 5.41) is 6.46. The van der Waals surface area contributed by atoms with Crippen molar-refractivity contribution >= 4 is 17.5 Å². The lowest BCUT2D eigenvalue weighted by Gasteiger charge is -2.16. The third-order valence-electron chi connectivity index (χ3n) is 4.83. The largest absolute Gasteiger partial charge is 0.344 e. The lowest BCUT2D eigenvalue weighted by molar-refractivity contribution is -0.135. The first-order chi connectivity index (χ1) is 12.7. The van der Waals surface area contributed by atoms with Gasteiger partial charge in [-0.2, -0.15) is 13.9 Å². The average molecular weight is 380 g/mol. The van der Waals surface area contributed by atoms with E-state index in [9.17, 15) is 22.8 Å². The molecule has 6 nitrogen and oxygen atoms in total. The highest BCUT2D eigenvalue weighted by molar-refractivity contribution is 6.08. The topological polar surface area (TPSA) is 67.2 Å². The summed E-state index contributed by atoms with van der Waals surface area (Å²) in [6.07, 6.45) is 0. The molecule has 3 rings (SSSR count). The van der Waals surface area contributed by atoms with Crippen molar-refractivity contribution in [2.24, 2.45) is 5.92 Å². The summed E-state index contributed by atoms with van der Waals surface area (Å²) >= 11 is 0. The number of hydrogen-bond acceptors (Lipinski definition) is 3. The second-order valence-corrected chi connectivity index (χ2v) is 6.64. The molecule has 0 spiro atoms. The molecule has 1 aromatic carbocycles. The van der Waals surface area contributed by atoms with Crippen LogP contribution in [0.3, 0.4) is 0 Å². The van der Waals surface area contributed by atoms with E-state index >= 15 is 0 Å². The van der Waals surface area contributed by atoms with Crippen molar-refractivity contribution in [2.75, 3.05) is 18.9 Å². The highest BCUT2D eigenvalue weighted by Crippen LogP contribution is 2.34. The molecule has 0 bridgehead atoms. The monoisotopic (exact) mass is 380 g/mol. The molecule has 2 amide bonds.